The second-order valence-electron chi connectivity index (χ2n) is 19.2. The van der Waals surface area contributed by atoms with Crippen LogP contribution in [0.5, 0.6) is 0 Å². The maximum Gasteiger partial charge on any atom is 0.324 e. The minimum atomic E-state index is -1.12. The van der Waals surface area contributed by atoms with Crippen LogP contribution in [0.4, 0.5) is 4.79 Å². The number of hydrogen-bond donors (Lipinski definition) is 3. The molecule has 0 aliphatic carbocycles. The number of hydrazine groups is 1. The molecule has 1 aromatic carbocycles. The Morgan fingerprint density at radius 3 is 2.61 bits per heavy atom. The van der Waals surface area contributed by atoms with E-state index in [0.29, 0.717) is 69.0 Å². The summed E-state index contributed by atoms with van der Waals surface area (Å²) < 4.78 is 14.2. The van der Waals surface area contributed by atoms with Crippen molar-refractivity contribution in [2.24, 2.45) is 5.41 Å². The van der Waals surface area contributed by atoms with Crippen molar-refractivity contribution in [3.05, 3.63) is 69.4 Å². The molecule has 4 aromatic rings. The molecule has 5 atom stereocenters. The van der Waals surface area contributed by atoms with Gasteiger partial charge in [-0.1, -0.05) is 19.9 Å². The third kappa shape index (κ3) is 9.85. The summed E-state index contributed by atoms with van der Waals surface area (Å²) in [5, 5.41) is 11.1. The Balaban J connectivity index is 1.13. The van der Waals surface area contributed by atoms with Crippen LogP contribution in [0, 0.1) is 5.41 Å². The molecule has 3 N–H and O–H groups in total. The Morgan fingerprint density at radius 2 is 1.90 bits per heavy atom. The maximum absolute atomic E-state index is 14.7. The van der Waals surface area contributed by atoms with Crippen molar-refractivity contribution >= 4 is 52.0 Å². The molecule has 17 nitrogen and oxygen atoms in total. The zero-order valence-electron chi connectivity index (χ0n) is 40.1. The van der Waals surface area contributed by atoms with E-state index in [9.17, 15) is 24.0 Å². The van der Waals surface area contributed by atoms with Crippen molar-refractivity contribution in [3.63, 3.8) is 0 Å². The highest BCUT2D eigenvalue weighted by atomic mass is 32.1. The third-order valence-corrected chi connectivity index (χ3v) is 14.4. The number of hydrogen-bond acceptors (Lipinski definition) is 12. The molecule has 0 spiro atoms. The van der Waals surface area contributed by atoms with Crippen molar-refractivity contribution in [1.82, 2.24) is 50.3 Å². The molecule has 4 aliphatic rings. The van der Waals surface area contributed by atoms with E-state index in [-0.39, 0.29) is 42.8 Å². The third-order valence-electron chi connectivity index (χ3n) is 13.5. The number of aromatic nitrogens is 3. The van der Waals surface area contributed by atoms with Crippen molar-refractivity contribution in [3.8, 4) is 22.5 Å². The van der Waals surface area contributed by atoms with E-state index >= 15 is 0 Å². The zero-order chi connectivity index (χ0) is 47.9. The average Bonchev–Trinajstić information content (AvgIpc) is 3.72. The van der Waals surface area contributed by atoms with Crippen LogP contribution in [-0.2, 0) is 48.0 Å². The number of urea groups is 1. The van der Waals surface area contributed by atoms with E-state index in [1.165, 1.54) is 21.2 Å². The number of carbonyl (C=O) groups is 5. The first-order chi connectivity index (χ1) is 32.0. The smallest absolute Gasteiger partial charge is 0.324 e. The van der Waals surface area contributed by atoms with Crippen molar-refractivity contribution in [1.29, 1.82) is 0 Å². The summed E-state index contributed by atoms with van der Waals surface area (Å²) in [4.78, 5) is 84.4. The Bertz CT molecular complexity index is 2600. The van der Waals surface area contributed by atoms with E-state index in [0.717, 1.165) is 44.7 Å². The topological polar surface area (TPSA) is 193 Å². The van der Waals surface area contributed by atoms with E-state index < -0.39 is 41.3 Å². The summed E-state index contributed by atoms with van der Waals surface area (Å²) >= 11 is 1.40. The van der Waals surface area contributed by atoms with Crippen molar-refractivity contribution in [2.45, 2.75) is 110 Å². The highest BCUT2D eigenvalue weighted by molar-refractivity contribution is 7.10. The Labute approximate surface area is 396 Å². The molecule has 3 aromatic heterocycles. The number of methoxy groups -OCH3 is 1. The molecule has 8 rings (SSSR count). The molecular weight excluding hydrogens is 873 g/mol. The first-order valence-electron chi connectivity index (χ1n) is 23.3. The van der Waals surface area contributed by atoms with E-state index in [1.54, 1.807) is 51.0 Å². The quantitative estimate of drug-likeness (QED) is 0.116. The highest BCUT2D eigenvalue weighted by Crippen LogP contribution is 2.42. The lowest BCUT2D eigenvalue weighted by atomic mass is 9.84. The number of thiazole rings is 1. The van der Waals surface area contributed by atoms with Crippen LogP contribution >= 0.6 is 11.3 Å². The zero-order valence-corrected chi connectivity index (χ0v) is 40.9. The molecule has 0 radical (unpaired) electrons. The maximum atomic E-state index is 14.7. The van der Waals surface area contributed by atoms with Crippen molar-refractivity contribution < 1.29 is 33.4 Å². The van der Waals surface area contributed by atoms with Gasteiger partial charge >= 0.3 is 12.0 Å². The molecule has 4 aliphatic heterocycles. The summed E-state index contributed by atoms with van der Waals surface area (Å²) in [6, 6.07) is 7.69. The summed E-state index contributed by atoms with van der Waals surface area (Å²) in [5.74, 6) is -1.47. The van der Waals surface area contributed by atoms with Gasteiger partial charge in [0.1, 0.15) is 17.8 Å². The number of aryl methyl sites for hydroxylation is 1. The Morgan fingerprint density at radius 1 is 1.12 bits per heavy atom. The molecule has 67 heavy (non-hydrogen) atoms. The summed E-state index contributed by atoms with van der Waals surface area (Å²) in [7, 11) is 4.91. The fourth-order valence-corrected chi connectivity index (χ4v) is 10.6. The second-order valence-corrected chi connectivity index (χ2v) is 20.2. The average molecular weight is 937 g/mol. The van der Waals surface area contributed by atoms with Crippen LogP contribution in [0.15, 0.2) is 53.2 Å². The van der Waals surface area contributed by atoms with E-state index in [2.05, 4.69) is 65.7 Å². The molecular formula is C49H64N10O7S. The van der Waals surface area contributed by atoms with Crippen LogP contribution in [0.3, 0.4) is 0 Å². The number of ether oxygens (including phenoxy) is 2. The fourth-order valence-electron chi connectivity index (χ4n) is 9.71. The van der Waals surface area contributed by atoms with Crippen LogP contribution < -0.4 is 16.1 Å². The number of likely N-dealkylation sites (N-methyl/N-ethyl adjacent to an activating group) is 2. The largest absolute Gasteiger partial charge is 0.464 e. The number of nitrogens with zero attached hydrogens (tertiary/aromatic N) is 7. The van der Waals surface area contributed by atoms with Crippen LogP contribution in [0.25, 0.3) is 33.4 Å². The Kier molecular flexibility index (Phi) is 13.9. The number of amides is 5. The monoisotopic (exact) mass is 936 g/mol. The number of allylic oxidation sites excluding steroid dienone is 1. The SMILES string of the molecule is CCn1c(-c2cccnc2[C@H](C)OC)c2c3cc(ccc31)-c1csc(n1)C[C@H](NC(=O)C(=C(C)C)N(C)C(=O)N(C)[C@H]1CCN(C(=O)[C@H]3CN3)C1)C(=O)N1CCC[C@H](N1)C(=O)OCC(C)(C)C2. The number of cyclic esters (lactones) is 1. The second kappa shape index (κ2) is 19.5. The number of rotatable bonds is 9. The number of fused-ring (bicyclic) bond motifs is 6. The summed E-state index contributed by atoms with van der Waals surface area (Å²) in [6.07, 6.45) is 3.77. The van der Waals surface area contributed by atoms with Gasteiger partial charge in [0.25, 0.3) is 11.8 Å². The minimum Gasteiger partial charge on any atom is -0.464 e. The molecule has 0 unspecified atom stereocenters. The van der Waals surface area contributed by atoms with E-state index in [4.69, 9.17) is 19.4 Å². The van der Waals surface area contributed by atoms with Gasteiger partial charge < -0.3 is 34.5 Å². The molecule has 3 saturated heterocycles. The number of nitrogens with one attached hydrogen (secondary N) is 3. The molecule has 6 bridgehead atoms. The lowest BCUT2D eigenvalue weighted by molar-refractivity contribution is -0.155. The van der Waals surface area contributed by atoms with E-state index in [1.807, 2.05) is 18.4 Å². The number of benzene rings is 1. The van der Waals surface area contributed by atoms with Gasteiger partial charge in [0, 0.05) is 99.4 Å². The fraction of sp³-hybridized carbons (Fsp3) is 0.531. The van der Waals surface area contributed by atoms with Gasteiger partial charge in [0.2, 0.25) is 5.91 Å². The molecule has 0 saturated carbocycles. The molecule has 18 heteroatoms. The molecule has 358 valence electrons. The number of esters is 1. The van der Waals surface area contributed by atoms with Crippen molar-refractivity contribution in [2.75, 3.05) is 54.0 Å². The van der Waals surface area contributed by atoms with Gasteiger partial charge in [0.15, 0.2) is 0 Å². The van der Waals surface area contributed by atoms with Gasteiger partial charge in [-0.15, -0.1) is 11.3 Å². The van der Waals surface area contributed by atoms with Crippen LogP contribution in [-0.4, -0.2) is 142 Å². The highest BCUT2D eigenvalue weighted by Gasteiger charge is 2.40. The number of pyridine rings is 1. The van der Waals surface area contributed by atoms with Gasteiger partial charge in [0.05, 0.1) is 46.9 Å². The predicted octanol–water partition coefficient (Wildman–Crippen LogP) is 5.05. The standard InChI is InChI=1S/C49H64N10O7S/c1-10-58-39-16-15-30-21-33(39)34(43(58)32-13-11-18-50-41(32)29(4)65-9)23-49(5,6)27-66-47(63)35-14-12-19-59(54-35)46(62)36(22-40-52-38(30)26-67-40)53-44(60)42(28(2)3)56(8)48(64)55(7)31-17-20-57(25-31)45(61)37-24-51-37/h11,13,15-16,18,21,26,29,31,35-37,51,54H,10,12,14,17,19-20,22-25,27H2,1-9H3,(H,53,60)/t29-,31-,35-,36-,37+/m0/s1. The first kappa shape index (κ1) is 47.8. The molecule has 5 amide bonds. The normalized spacial score (nSPS) is 22.2. The molecule has 7 heterocycles. The number of carbonyl (C=O) groups excluding carboxylic acids is 5. The lowest BCUT2D eigenvalue weighted by Gasteiger charge is -2.36. The molecule has 3 fully saturated rings. The minimum absolute atomic E-state index is 0.0395. The summed E-state index contributed by atoms with van der Waals surface area (Å²) in [6.45, 7) is 14.5. The summed E-state index contributed by atoms with van der Waals surface area (Å²) in [5.41, 5.74) is 9.89. The van der Waals surface area contributed by atoms with Crippen LogP contribution in [0.1, 0.15) is 83.2 Å². The predicted molar refractivity (Wildman–Crippen MR) is 255 cm³/mol. The van der Waals surface area contributed by atoms with Gasteiger partial charge in [-0.3, -0.25) is 34.1 Å². The number of likely N-dealkylation sites (tertiary alicyclic amines) is 1. The lowest BCUT2D eigenvalue weighted by Crippen LogP contribution is -2.61. The Hall–Kier alpha value is -5.69. The van der Waals surface area contributed by atoms with Gasteiger partial charge in [-0.05, 0) is 88.8 Å². The first-order valence-corrected chi connectivity index (χ1v) is 24.2. The van der Waals surface area contributed by atoms with Gasteiger partial charge in [-0.2, -0.15) is 0 Å². The van der Waals surface area contributed by atoms with Gasteiger partial charge in [-0.25, -0.2) is 15.2 Å². The van der Waals surface area contributed by atoms with Crippen LogP contribution in [0.2, 0.25) is 0 Å².